The van der Waals surface area contributed by atoms with E-state index < -0.39 is 17.2 Å². The number of rotatable bonds is 6. The molecule has 2 heterocycles. The second kappa shape index (κ2) is 9.97. The molecule has 2 aromatic carbocycles. The van der Waals surface area contributed by atoms with Crippen molar-refractivity contribution in [2.45, 2.75) is 58.1 Å². The summed E-state index contributed by atoms with van der Waals surface area (Å²) in [4.78, 5) is 30.1. The Bertz CT molecular complexity index is 1460. The van der Waals surface area contributed by atoms with Gasteiger partial charge in [-0.3, -0.25) is 9.20 Å². The first-order valence-corrected chi connectivity index (χ1v) is 13.2. The molecule has 38 heavy (non-hydrogen) atoms. The first-order chi connectivity index (χ1) is 18.2. The van der Waals surface area contributed by atoms with Crippen LogP contribution in [0.15, 0.2) is 72.9 Å². The average Bonchev–Trinajstić information content (AvgIpc) is 3.25. The van der Waals surface area contributed by atoms with Crippen LogP contribution >= 0.6 is 0 Å². The number of nitrogens with one attached hydrogen (secondary N) is 2. The molecular formula is C31H34N4O3. The molecule has 5 rings (SSSR count). The zero-order valence-electron chi connectivity index (χ0n) is 22.4. The van der Waals surface area contributed by atoms with Crippen molar-refractivity contribution in [3.05, 3.63) is 84.1 Å². The van der Waals surface area contributed by atoms with Crippen LogP contribution in [0.5, 0.6) is 0 Å². The maximum Gasteiger partial charge on any atom is 0.408 e. The molecule has 2 aromatic heterocycles. The largest absolute Gasteiger partial charge is 0.444 e. The van der Waals surface area contributed by atoms with E-state index in [1.807, 2.05) is 74.7 Å². The van der Waals surface area contributed by atoms with Gasteiger partial charge < -0.3 is 15.4 Å². The standard InChI is InChI=1S/C31H34N4O3/c1-5-32-28(36)23-14-17-25-33-26(27(35(25)20-23)22-10-7-6-8-11-22)21-12-15-24(16-13-21)31(18-9-19-31)34-29(37)38-30(2,3)4/h6-8,10-17,20H,5,9,18-19H2,1-4H3,(H,32,36)(H,34,37). The minimum absolute atomic E-state index is 0.115. The van der Waals surface area contributed by atoms with Crippen LogP contribution in [0.2, 0.25) is 0 Å². The highest BCUT2D eigenvalue weighted by Gasteiger charge is 2.41. The van der Waals surface area contributed by atoms with Crippen molar-refractivity contribution in [1.29, 1.82) is 0 Å². The van der Waals surface area contributed by atoms with Crippen molar-refractivity contribution < 1.29 is 14.3 Å². The Hall–Kier alpha value is -4.13. The van der Waals surface area contributed by atoms with E-state index in [1.54, 1.807) is 6.07 Å². The van der Waals surface area contributed by atoms with Gasteiger partial charge in [0.05, 0.1) is 22.5 Å². The number of pyridine rings is 1. The topological polar surface area (TPSA) is 84.7 Å². The van der Waals surface area contributed by atoms with Gasteiger partial charge in [0.15, 0.2) is 0 Å². The molecule has 7 heteroatoms. The van der Waals surface area contributed by atoms with E-state index >= 15 is 0 Å². The first-order valence-electron chi connectivity index (χ1n) is 13.2. The fraction of sp³-hybridized carbons (Fsp3) is 0.323. The monoisotopic (exact) mass is 510 g/mol. The Labute approximate surface area is 223 Å². The molecule has 0 bridgehead atoms. The van der Waals surface area contributed by atoms with Crippen LogP contribution in [0.3, 0.4) is 0 Å². The highest BCUT2D eigenvalue weighted by molar-refractivity contribution is 5.94. The summed E-state index contributed by atoms with van der Waals surface area (Å²) in [5.41, 5.74) is 5.16. The lowest BCUT2D eigenvalue weighted by Gasteiger charge is -2.43. The fourth-order valence-corrected chi connectivity index (χ4v) is 4.98. The Morgan fingerprint density at radius 3 is 2.29 bits per heavy atom. The number of carbonyl (C=O) groups excluding carboxylic acids is 2. The summed E-state index contributed by atoms with van der Waals surface area (Å²) < 4.78 is 7.52. The third kappa shape index (κ3) is 5.01. The third-order valence-corrected chi connectivity index (χ3v) is 6.92. The van der Waals surface area contributed by atoms with E-state index in [-0.39, 0.29) is 5.91 Å². The number of nitrogens with zero attached hydrogens (tertiary/aromatic N) is 2. The molecule has 1 aliphatic carbocycles. The van der Waals surface area contributed by atoms with Crippen LogP contribution in [0.25, 0.3) is 28.2 Å². The number of hydrogen-bond donors (Lipinski definition) is 2. The van der Waals surface area contributed by atoms with Crippen molar-refractivity contribution in [3.63, 3.8) is 0 Å². The number of hydrogen-bond acceptors (Lipinski definition) is 4. The maximum atomic E-state index is 12.6. The Kier molecular flexibility index (Phi) is 6.69. The summed E-state index contributed by atoms with van der Waals surface area (Å²) in [6.45, 7) is 8.07. The smallest absolute Gasteiger partial charge is 0.408 e. The molecule has 0 atom stereocenters. The molecule has 0 aliphatic heterocycles. The molecule has 1 saturated carbocycles. The molecule has 0 radical (unpaired) electrons. The molecule has 0 spiro atoms. The molecule has 1 fully saturated rings. The number of benzene rings is 2. The number of ether oxygens (including phenoxy) is 1. The highest BCUT2D eigenvalue weighted by Crippen LogP contribution is 2.42. The van der Waals surface area contributed by atoms with E-state index in [0.717, 1.165) is 53.0 Å². The lowest BCUT2D eigenvalue weighted by molar-refractivity contribution is 0.0377. The van der Waals surface area contributed by atoms with Crippen LogP contribution < -0.4 is 10.6 Å². The third-order valence-electron chi connectivity index (χ3n) is 6.92. The number of aromatic nitrogens is 2. The molecule has 0 unspecified atom stereocenters. The molecule has 1 aliphatic rings. The zero-order valence-corrected chi connectivity index (χ0v) is 22.4. The van der Waals surface area contributed by atoms with Gasteiger partial charge in [0.25, 0.3) is 5.91 Å². The molecule has 4 aromatic rings. The van der Waals surface area contributed by atoms with E-state index in [1.165, 1.54) is 0 Å². The predicted molar refractivity (Wildman–Crippen MR) is 149 cm³/mol. The average molecular weight is 511 g/mol. The summed E-state index contributed by atoms with van der Waals surface area (Å²) in [5.74, 6) is -0.115. The quantitative estimate of drug-likeness (QED) is 0.318. The number of amides is 2. The second-order valence-corrected chi connectivity index (χ2v) is 10.8. The number of carbonyl (C=O) groups is 2. The predicted octanol–water partition coefficient (Wildman–Crippen LogP) is 6.32. The first kappa shape index (κ1) is 25.5. The van der Waals surface area contributed by atoms with Crippen molar-refractivity contribution in [1.82, 2.24) is 20.0 Å². The summed E-state index contributed by atoms with van der Waals surface area (Å²) in [6, 6.07) is 22.0. The van der Waals surface area contributed by atoms with E-state index in [9.17, 15) is 9.59 Å². The van der Waals surface area contributed by atoms with Gasteiger partial charge in [-0.05, 0) is 64.7 Å². The minimum Gasteiger partial charge on any atom is -0.444 e. The van der Waals surface area contributed by atoms with Crippen LogP contribution in [0.4, 0.5) is 4.79 Å². The lowest BCUT2D eigenvalue weighted by Crippen LogP contribution is -2.52. The summed E-state index contributed by atoms with van der Waals surface area (Å²) in [6.07, 6.45) is 4.25. The van der Waals surface area contributed by atoms with Gasteiger partial charge in [0.2, 0.25) is 0 Å². The van der Waals surface area contributed by atoms with Crippen molar-refractivity contribution in [3.8, 4) is 22.5 Å². The van der Waals surface area contributed by atoms with Crippen molar-refractivity contribution in [2.24, 2.45) is 0 Å². The van der Waals surface area contributed by atoms with Gasteiger partial charge in [0.1, 0.15) is 11.2 Å². The van der Waals surface area contributed by atoms with Crippen LogP contribution in [0, 0.1) is 0 Å². The van der Waals surface area contributed by atoms with Crippen LogP contribution in [-0.2, 0) is 10.3 Å². The van der Waals surface area contributed by atoms with Gasteiger partial charge in [-0.1, -0.05) is 54.6 Å². The molecule has 0 saturated heterocycles. The minimum atomic E-state index is -0.549. The number of alkyl carbamates (subject to hydrolysis) is 1. The number of imidazole rings is 1. The van der Waals surface area contributed by atoms with E-state index in [0.29, 0.717) is 12.1 Å². The van der Waals surface area contributed by atoms with Gasteiger partial charge in [-0.2, -0.15) is 0 Å². The highest BCUT2D eigenvalue weighted by atomic mass is 16.6. The van der Waals surface area contributed by atoms with Crippen LogP contribution in [-0.4, -0.2) is 33.5 Å². The molecule has 2 N–H and O–H groups in total. The van der Waals surface area contributed by atoms with Gasteiger partial charge >= 0.3 is 6.09 Å². The Morgan fingerprint density at radius 2 is 1.68 bits per heavy atom. The maximum absolute atomic E-state index is 12.6. The summed E-state index contributed by atoms with van der Waals surface area (Å²) in [5, 5.41) is 6.00. The van der Waals surface area contributed by atoms with Gasteiger partial charge in [0, 0.05) is 23.9 Å². The van der Waals surface area contributed by atoms with E-state index in [2.05, 4.69) is 34.9 Å². The Morgan fingerprint density at radius 1 is 0.974 bits per heavy atom. The Balaban J connectivity index is 1.53. The number of fused-ring (bicyclic) bond motifs is 1. The molecular weight excluding hydrogens is 476 g/mol. The molecule has 196 valence electrons. The van der Waals surface area contributed by atoms with E-state index in [4.69, 9.17) is 9.72 Å². The normalized spacial score (nSPS) is 14.5. The molecule has 2 amide bonds. The second-order valence-electron chi connectivity index (χ2n) is 10.8. The van der Waals surface area contributed by atoms with Crippen LogP contribution in [0.1, 0.15) is 62.9 Å². The summed E-state index contributed by atoms with van der Waals surface area (Å²) in [7, 11) is 0. The zero-order chi connectivity index (χ0) is 26.9. The van der Waals surface area contributed by atoms with Crippen molar-refractivity contribution in [2.75, 3.05) is 6.54 Å². The lowest BCUT2D eigenvalue weighted by atomic mass is 9.71. The van der Waals surface area contributed by atoms with Gasteiger partial charge in [-0.15, -0.1) is 0 Å². The SMILES string of the molecule is CCNC(=O)c1ccc2nc(-c3ccc(C4(NC(=O)OC(C)(C)C)CCC4)cc3)c(-c3ccccc3)n2c1. The van der Waals surface area contributed by atoms with Crippen molar-refractivity contribution >= 4 is 17.6 Å². The van der Waals surface area contributed by atoms with Gasteiger partial charge in [-0.25, -0.2) is 9.78 Å². The molecule has 7 nitrogen and oxygen atoms in total. The summed E-state index contributed by atoms with van der Waals surface area (Å²) >= 11 is 0. The fourth-order valence-electron chi connectivity index (χ4n) is 4.98.